The highest BCUT2D eigenvalue weighted by molar-refractivity contribution is 6.00. The van der Waals surface area contributed by atoms with Gasteiger partial charge in [0.1, 0.15) is 18.1 Å². The van der Waals surface area contributed by atoms with Crippen LogP contribution in [-0.4, -0.2) is 36.2 Å². The van der Waals surface area contributed by atoms with E-state index < -0.39 is 12.1 Å². The number of rotatable bonds is 5. The minimum Gasteiger partial charge on any atom is -0.492 e. The normalized spacial score (nSPS) is 16.2. The number of carboxylic acids is 1. The predicted octanol–water partition coefficient (Wildman–Crippen LogP) is 2.89. The molecule has 0 spiro atoms. The van der Waals surface area contributed by atoms with Crippen molar-refractivity contribution in [3.05, 3.63) is 53.6 Å². The molecule has 2 aromatic rings. The summed E-state index contributed by atoms with van der Waals surface area (Å²) in [5.41, 5.74) is 1.82. The first-order chi connectivity index (χ1) is 12.0. The molecule has 0 saturated carbocycles. The summed E-state index contributed by atoms with van der Waals surface area (Å²) in [6.45, 7) is 4.31. The number of anilines is 1. The van der Waals surface area contributed by atoms with Crippen molar-refractivity contribution in [3.63, 3.8) is 0 Å². The van der Waals surface area contributed by atoms with Crippen LogP contribution in [-0.2, 0) is 4.79 Å². The van der Waals surface area contributed by atoms with E-state index in [0.717, 1.165) is 11.3 Å². The molecule has 0 aliphatic carbocycles. The van der Waals surface area contributed by atoms with Crippen LogP contribution in [0.5, 0.6) is 11.5 Å². The maximum absolute atomic E-state index is 12.4. The molecule has 2 aromatic carbocycles. The molecule has 1 heterocycles. The van der Waals surface area contributed by atoms with Crippen LogP contribution in [0, 0.1) is 6.92 Å². The number of carbonyl (C=O) groups excluding carboxylic acids is 1. The number of aromatic carboxylic acids is 1. The molecule has 6 heteroatoms. The molecule has 0 fully saturated rings. The lowest BCUT2D eigenvalue weighted by molar-refractivity contribution is -0.125. The second-order valence-electron chi connectivity index (χ2n) is 5.90. The minimum atomic E-state index is -1.04. The second kappa shape index (κ2) is 6.84. The third-order valence-corrected chi connectivity index (χ3v) is 4.02. The third kappa shape index (κ3) is 3.57. The van der Waals surface area contributed by atoms with Crippen molar-refractivity contribution in [2.45, 2.75) is 20.0 Å². The zero-order valence-corrected chi connectivity index (χ0v) is 14.1. The van der Waals surface area contributed by atoms with E-state index in [2.05, 4.69) is 0 Å². The summed E-state index contributed by atoms with van der Waals surface area (Å²) in [5.74, 6) is -0.0866. The van der Waals surface area contributed by atoms with Crippen LogP contribution >= 0.6 is 0 Å². The molecule has 3 rings (SSSR count). The summed E-state index contributed by atoms with van der Waals surface area (Å²) >= 11 is 0. The largest absolute Gasteiger partial charge is 0.492 e. The van der Waals surface area contributed by atoms with Gasteiger partial charge in [-0.05, 0) is 44.2 Å². The van der Waals surface area contributed by atoms with Gasteiger partial charge in [-0.15, -0.1) is 0 Å². The topological polar surface area (TPSA) is 76.1 Å². The monoisotopic (exact) mass is 341 g/mol. The van der Waals surface area contributed by atoms with Gasteiger partial charge in [0.25, 0.3) is 5.91 Å². The van der Waals surface area contributed by atoms with Crippen LogP contribution in [0.25, 0.3) is 0 Å². The smallest absolute Gasteiger partial charge is 0.335 e. The molecule has 0 radical (unpaired) electrons. The fourth-order valence-corrected chi connectivity index (χ4v) is 2.66. The molecule has 1 aliphatic rings. The van der Waals surface area contributed by atoms with Crippen molar-refractivity contribution >= 4 is 17.6 Å². The summed E-state index contributed by atoms with van der Waals surface area (Å²) in [7, 11) is 0. The second-order valence-corrected chi connectivity index (χ2v) is 5.90. The highest BCUT2D eigenvalue weighted by Crippen LogP contribution is 2.34. The predicted molar refractivity (Wildman–Crippen MR) is 92.5 cm³/mol. The molecular weight excluding hydrogens is 322 g/mol. The summed E-state index contributed by atoms with van der Waals surface area (Å²) in [6.07, 6.45) is -0.670. The van der Waals surface area contributed by atoms with Crippen molar-refractivity contribution in [1.82, 2.24) is 0 Å². The number of ether oxygens (including phenoxy) is 2. The third-order valence-electron chi connectivity index (χ3n) is 4.02. The average molecular weight is 341 g/mol. The maximum atomic E-state index is 12.4. The minimum absolute atomic E-state index is 0.121. The Balaban J connectivity index is 1.75. The first kappa shape index (κ1) is 16.8. The molecule has 0 aromatic heterocycles. The van der Waals surface area contributed by atoms with Crippen LogP contribution in [0.2, 0.25) is 0 Å². The molecule has 1 aliphatic heterocycles. The standard InChI is InChI=1S/C19H19NO5/c1-12-3-6-15(7-4-12)24-10-9-20-16-8-5-14(19(22)23)11-17(16)25-13(2)18(20)21/h3-8,11,13H,9-10H2,1-2H3,(H,22,23). The van der Waals surface area contributed by atoms with Gasteiger partial charge in [-0.1, -0.05) is 17.7 Å². The Morgan fingerprint density at radius 1 is 1.24 bits per heavy atom. The number of aryl methyl sites for hydroxylation is 1. The van der Waals surface area contributed by atoms with Crippen molar-refractivity contribution in [2.24, 2.45) is 0 Å². The van der Waals surface area contributed by atoms with Gasteiger partial charge < -0.3 is 19.5 Å². The van der Waals surface area contributed by atoms with Crippen molar-refractivity contribution < 1.29 is 24.2 Å². The Hall–Kier alpha value is -3.02. The lowest BCUT2D eigenvalue weighted by Gasteiger charge is -2.33. The Labute approximate surface area is 145 Å². The number of carboxylic acid groups (broad SMARTS) is 1. The number of hydrogen-bond donors (Lipinski definition) is 1. The van der Waals surface area contributed by atoms with Gasteiger partial charge in [0.2, 0.25) is 0 Å². The molecule has 1 amide bonds. The number of carbonyl (C=O) groups is 2. The fourth-order valence-electron chi connectivity index (χ4n) is 2.66. The van der Waals surface area contributed by atoms with Crippen LogP contribution in [0.4, 0.5) is 5.69 Å². The van der Waals surface area contributed by atoms with E-state index in [9.17, 15) is 9.59 Å². The first-order valence-electron chi connectivity index (χ1n) is 8.00. The Morgan fingerprint density at radius 3 is 2.64 bits per heavy atom. The van der Waals surface area contributed by atoms with E-state index in [1.54, 1.807) is 17.9 Å². The van der Waals surface area contributed by atoms with Gasteiger partial charge in [-0.2, -0.15) is 0 Å². The summed E-state index contributed by atoms with van der Waals surface area (Å²) in [5, 5.41) is 9.10. The highest BCUT2D eigenvalue weighted by Gasteiger charge is 2.31. The Bertz CT molecular complexity index is 800. The van der Waals surface area contributed by atoms with Gasteiger partial charge in [-0.25, -0.2) is 4.79 Å². The van der Waals surface area contributed by atoms with Crippen LogP contribution in [0.3, 0.4) is 0 Å². The van der Waals surface area contributed by atoms with E-state index in [1.165, 1.54) is 12.1 Å². The molecule has 25 heavy (non-hydrogen) atoms. The lowest BCUT2D eigenvalue weighted by atomic mass is 10.1. The quantitative estimate of drug-likeness (QED) is 0.905. The SMILES string of the molecule is Cc1ccc(OCCN2C(=O)C(C)Oc3cc(C(=O)O)ccc32)cc1. The molecule has 130 valence electrons. The van der Waals surface area contributed by atoms with Gasteiger partial charge in [0, 0.05) is 0 Å². The maximum Gasteiger partial charge on any atom is 0.335 e. The molecule has 0 saturated heterocycles. The summed E-state index contributed by atoms with van der Waals surface area (Å²) in [6, 6.07) is 12.2. The van der Waals surface area contributed by atoms with Crippen molar-refractivity contribution in [2.75, 3.05) is 18.1 Å². The number of fused-ring (bicyclic) bond motifs is 1. The van der Waals surface area contributed by atoms with Crippen LogP contribution < -0.4 is 14.4 Å². The highest BCUT2D eigenvalue weighted by atomic mass is 16.5. The van der Waals surface area contributed by atoms with E-state index in [-0.39, 0.29) is 11.5 Å². The Kier molecular flexibility index (Phi) is 4.61. The van der Waals surface area contributed by atoms with Gasteiger partial charge in [0.15, 0.2) is 6.10 Å². The molecule has 1 unspecified atom stereocenters. The fraction of sp³-hybridized carbons (Fsp3) is 0.263. The molecule has 6 nitrogen and oxygen atoms in total. The van der Waals surface area contributed by atoms with Crippen LogP contribution in [0.15, 0.2) is 42.5 Å². The molecular formula is C19H19NO5. The van der Waals surface area contributed by atoms with E-state index in [0.29, 0.717) is 24.6 Å². The summed E-state index contributed by atoms with van der Waals surface area (Å²) in [4.78, 5) is 25.1. The zero-order chi connectivity index (χ0) is 18.0. The van der Waals surface area contributed by atoms with Crippen molar-refractivity contribution in [3.8, 4) is 11.5 Å². The van der Waals surface area contributed by atoms with Crippen molar-refractivity contribution in [1.29, 1.82) is 0 Å². The lowest BCUT2D eigenvalue weighted by Crippen LogP contribution is -2.46. The molecule has 0 bridgehead atoms. The van der Waals surface area contributed by atoms with Gasteiger partial charge >= 0.3 is 5.97 Å². The number of nitrogens with zero attached hydrogens (tertiary/aromatic N) is 1. The van der Waals surface area contributed by atoms with Crippen LogP contribution in [0.1, 0.15) is 22.8 Å². The van der Waals surface area contributed by atoms with Gasteiger partial charge in [-0.3, -0.25) is 4.79 Å². The number of benzene rings is 2. The zero-order valence-electron chi connectivity index (χ0n) is 14.1. The number of hydrogen-bond acceptors (Lipinski definition) is 4. The number of amides is 1. The van der Waals surface area contributed by atoms with Gasteiger partial charge in [0.05, 0.1) is 17.8 Å². The van der Waals surface area contributed by atoms with E-state index in [4.69, 9.17) is 14.6 Å². The Morgan fingerprint density at radius 2 is 1.96 bits per heavy atom. The molecule has 1 N–H and O–H groups in total. The summed E-state index contributed by atoms with van der Waals surface area (Å²) < 4.78 is 11.2. The average Bonchev–Trinajstić information content (AvgIpc) is 2.59. The van der Waals surface area contributed by atoms with E-state index >= 15 is 0 Å². The van der Waals surface area contributed by atoms with E-state index in [1.807, 2.05) is 31.2 Å². The first-order valence-corrected chi connectivity index (χ1v) is 8.00. The molecule has 1 atom stereocenters.